The van der Waals surface area contributed by atoms with Crippen LogP contribution in [0, 0.1) is 0 Å². The van der Waals surface area contributed by atoms with Gasteiger partial charge in [-0.25, -0.2) is 0 Å². The van der Waals surface area contributed by atoms with Crippen LogP contribution >= 0.6 is 0 Å². The Labute approximate surface area is 230 Å². The number of benzene rings is 2. The molecule has 0 saturated carbocycles. The maximum atomic E-state index is 12.0. The Morgan fingerprint density at radius 3 is 1.71 bits per heavy atom. The van der Waals surface area contributed by atoms with E-state index >= 15 is 0 Å². The number of methoxy groups -OCH3 is 2. The van der Waals surface area contributed by atoms with Crippen LogP contribution in [-0.4, -0.2) is 30.9 Å². The van der Waals surface area contributed by atoms with Crippen LogP contribution in [0.3, 0.4) is 0 Å². The van der Waals surface area contributed by atoms with Gasteiger partial charge in [-0.15, -0.1) is 0 Å². The molecule has 2 unspecified atom stereocenters. The average Bonchev–Trinajstić information content (AvgIpc) is 2.90. The molecule has 0 aromatic heterocycles. The summed E-state index contributed by atoms with van der Waals surface area (Å²) in [6, 6.07) is 16.0. The van der Waals surface area contributed by atoms with Gasteiger partial charge < -0.3 is 19.3 Å². The van der Waals surface area contributed by atoms with E-state index in [0.29, 0.717) is 12.8 Å². The van der Waals surface area contributed by atoms with E-state index in [1.807, 2.05) is 57.2 Å². The van der Waals surface area contributed by atoms with Crippen molar-refractivity contribution >= 4 is 5.97 Å². The van der Waals surface area contributed by atoms with Crippen LogP contribution in [0.1, 0.15) is 115 Å². The second-order valence-corrected chi connectivity index (χ2v) is 11.3. The fraction of sp³-hybridized carbons (Fsp3) is 0.606. The molecule has 1 N–H and O–H groups in total. The van der Waals surface area contributed by atoms with Gasteiger partial charge in [0.2, 0.25) is 0 Å². The molecule has 0 aliphatic carbocycles. The zero-order valence-electron chi connectivity index (χ0n) is 24.6. The maximum Gasteiger partial charge on any atom is 0.306 e. The largest absolute Gasteiger partial charge is 0.497 e. The van der Waals surface area contributed by atoms with Gasteiger partial charge in [0.05, 0.1) is 19.8 Å². The van der Waals surface area contributed by atoms with Crippen molar-refractivity contribution in [1.82, 2.24) is 0 Å². The molecular formula is C33H50O5. The van der Waals surface area contributed by atoms with Crippen molar-refractivity contribution in [3.8, 4) is 11.5 Å². The summed E-state index contributed by atoms with van der Waals surface area (Å²) < 4.78 is 16.1. The topological polar surface area (TPSA) is 65.0 Å². The number of hydrogen-bond acceptors (Lipinski definition) is 5. The van der Waals surface area contributed by atoms with Gasteiger partial charge in [-0.05, 0) is 75.4 Å². The third-order valence-corrected chi connectivity index (χ3v) is 7.27. The van der Waals surface area contributed by atoms with E-state index in [1.54, 1.807) is 14.2 Å². The molecule has 0 amide bonds. The molecule has 212 valence electrons. The van der Waals surface area contributed by atoms with E-state index in [1.165, 1.54) is 19.3 Å². The van der Waals surface area contributed by atoms with E-state index < -0.39 is 11.2 Å². The molecule has 0 aliphatic rings. The summed E-state index contributed by atoms with van der Waals surface area (Å²) in [7, 11) is 3.33. The normalized spacial score (nSPS) is 14.0. The highest BCUT2D eigenvalue weighted by atomic mass is 16.6. The number of carbonyl (C=O) groups excluding carboxylic acids is 1. The van der Waals surface area contributed by atoms with Gasteiger partial charge in [0, 0.05) is 12.3 Å². The first-order valence-corrected chi connectivity index (χ1v) is 14.4. The number of carbonyl (C=O) groups is 1. The summed E-state index contributed by atoms with van der Waals surface area (Å²) in [6.45, 7) is 7.79. The van der Waals surface area contributed by atoms with Crippen molar-refractivity contribution in [2.75, 3.05) is 14.2 Å². The molecule has 5 nitrogen and oxygen atoms in total. The summed E-state index contributed by atoms with van der Waals surface area (Å²) in [4.78, 5) is 11.8. The van der Waals surface area contributed by atoms with Gasteiger partial charge >= 0.3 is 5.97 Å². The predicted molar refractivity (Wildman–Crippen MR) is 155 cm³/mol. The Morgan fingerprint density at radius 1 is 0.763 bits per heavy atom. The molecule has 0 aliphatic heterocycles. The van der Waals surface area contributed by atoms with Crippen LogP contribution in [0.15, 0.2) is 48.5 Å². The predicted octanol–water partition coefficient (Wildman–Crippen LogP) is 8.33. The number of hydrogen-bond donors (Lipinski definition) is 1. The Hall–Kier alpha value is -2.53. The van der Waals surface area contributed by atoms with Crippen molar-refractivity contribution < 1.29 is 24.1 Å². The lowest BCUT2D eigenvalue weighted by atomic mass is 9.73. The van der Waals surface area contributed by atoms with Crippen molar-refractivity contribution in [2.45, 2.75) is 115 Å². The lowest BCUT2D eigenvalue weighted by Crippen LogP contribution is -2.33. The molecule has 2 aromatic carbocycles. The van der Waals surface area contributed by atoms with Gasteiger partial charge in [-0.3, -0.25) is 4.79 Å². The second-order valence-electron chi connectivity index (χ2n) is 11.3. The van der Waals surface area contributed by atoms with Gasteiger partial charge in [0.15, 0.2) is 0 Å². The maximum absolute atomic E-state index is 12.0. The van der Waals surface area contributed by atoms with Gasteiger partial charge in [0.1, 0.15) is 17.1 Å². The van der Waals surface area contributed by atoms with Crippen LogP contribution in [0.4, 0.5) is 0 Å². The highest BCUT2D eigenvalue weighted by Gasteiger charge is 2.37. The van der Waals surface area contributed by atoms with Gasteiger partial charge in [0.25, 0.3) is 0 Å². The zero-order valence-corrected chi connectivity index (χ0v) is 24.6. The molecule has 5 heteroatoms. The van der Waals surface area contributed by atoms with E-state index in [-0.39, 0.29) is 11.9 Å². The van der Waals surface area contributed by atoms with Gasteiger partial charge in [-0.1, -0.05) is 76.1 Å². The minimum absolute atomic E-state index is 0.0142. The van der Waals surface area contributed by atoms with Crippen molar-refractivity contribution in [2.24, 2.45) is 0 Å². The van der Waals surface area contributed by atoms with E-state index in [4.69, 9.17) is 14.2 Å². The first-order valence-electron chi connectivity index (χ1n) is 14.4. The third kappa shape index (κ3) is 10.3. The van der Waals surface area contributed by atoms with Gasteiger partial charge in [-0.2, -0.15) is 0 Å². The summed E-state index contributed by atoms with van der Waals surface area (Å²) in [5.74, 6) is 1.51. The van der Waals surface area contributed by atoms with E-state index in [9.17, 15) is 9.90 Å². The first kappa shape index (κ1) is 31.7. The quantitative estimate of drug-likeness (QED) is 0.166. The molecule has 2 rings (SSSR count). The Morgan fingerprint density at radius 2 is 1.24 bits per heavy atom. The molecule has 0 saturated heterocycles. The fourth-order valence-corrected chi connectivity index (χ4v) is 5.12. The lowest BCUT2D eigenvalue weighted by Gasteiger charge is -2.37. The first-order chi connectivity index (χ1) is 18.1. The van der Waals surface area contributed by atoms with Crippen LogP contribution in [-0.2, 0) is 15.1 Å². The molecular weight excluding hydrogens is 476 g/mol. The molecule has 2 aromatic rings. The number of unbranched alkanes of at least 4 members (excludes halogenated alkanes) is 7. The van der Waals surface area contributed by atoms with E-state index in [0.717, 1.165) is 61.2 Å². The number of aliphatic hydroxyl groups is 1. The number of rotatable bonds is 17. The molecule has 38 heavy (non-hydrogen) atoms. The van der Waals surface area contributed by atoms with Crippen molar-refractivity contribution in [1.29, 1.82) is 0 Å². The van der Waals surface area contributed by atoms with E-state index in [2.05, 4.69) is 19.1 Å². The summed E-state index contributed by atoms with van der Waals surface area (Å²) in [5, 5.41) is 12.0. The molecule has 0 heterocycles. The van der Waals surface area contributed by atoms with Crippen molar-refractivity contribution in [3.63, 3.8) is 0 Å². The van der Waals surface area contributed by atoms with Crippen LogP contribution in [0.25, 0.3) is 0 Å². The highest BCUT2D eigenvalue weighted by Crippen LogP contribution is 2.43. The molecule has 0 radical (unpaired) electrons. The third-order valence-electron chi connectivity index (χ3n) is 7.27. The average molecular weight is 527 g/mol. The van der Waals surface area contributed by atoms with Crippen LogP contribution in [0.2, 0.25) is 0 Å². The summed E-state index contributed by atoms with van der Waals surface area (Å²) >= 11 is 0. The zero-order chi connectivity index (χ0) is 28.0. The van der Waals surface area contributed by atoms with Crippen LogP contribution < -0.4 is 9.47 Å². The monoisotopic (exact) mass is 526 g/mol. The fourth-order valence-electron chi connectivity index (χ4n) is 5.12. The summed E-state index contributed by atoms with van der Waals surface area (Å²) in [6.07, 6.45) is 11.0. The standard InChI is InChI=1S/C33H50O5/c1-7-33(35,27-20-24-29(37-6)25-21-27)30(26-18-22-28(36-5)23-19-26)16-14-12-10-8-9-11-13-15-17-31(34)38-32(2,3)4/h18-25,30,35H,7-17H2,1-6H3. The minimum Gasteiger partial charge on any atom is -0.497 e. The summed E-state index contributed by atoms with van der Waals surface area (Å²) in [5.41, 5.74) is 0.698. The molecule has 0 fully saturated rings. The number of esters is 1. The Balaban J connectivity index is 1.87. The Kier molecular flexibility index (Phi) is 13.2. The minimum atomic E-state index is -0.963. The lowest BCUT2D eigenvalue weighted by molar-refractivity contribution is -0.154. The Bertz CT molecular complexity index is 929. The molecule has 0 spiro atoms. The smallest absolute Gasteiger partial charge is 0.306 e. The van der Waals surface area contributed by atoms with Crippen molar-refractivity contribution in [3.05, 3.63) is 59.7 Å². The highest BCUT2D eigenvalue weighted by molar-refractivity contribution is 5.69. The second kappa shape index (κ2) is 15.8. The SMILES string of the molecule is CCC(O)(c1ccc(OC)cc1)C(CCCCCCCCCCC(=O)OC(C)(C)C)c1ccc(OC)cc1. The number of ether oxygens (including phenoxy) is 3. The molecule has 2 atom stereocenters. The molecule has 0 bridgehead atoms. The van der Waals surface area contributed by atoms with Crippen LogP contribution in [0.5, 0.6) is 11.5 Å².